The summed E-state index contributed by atoms with van der Waals surface area (Å²) in [7, 11) is 1.98. The fourth-order valence-electron chi connectivity index (χ4n) is 5.48. The standard InChI is InChI=1S/C29H35N5O3/c1-5-22-16-34(17-25-27(37-22)7-6-12-30-25)15-21-13-20(9-8-18(21)2)24(14-28(35)36)23-10-11-26-29(19(23)3)31-32-33(26)4/h6-13,22,24,31-32H,5,14-17H2,1-4H3,(H,35,36)/p+1/t22-,24?/m1/s1. The summed E-state index contributed by atoms with van der Waals surface area (Å²) in [5.74, 6) is -0.169. The van der Waals surface area contributed by atoms with Crippen LogP contribution in [0, 0.1) is 13.8 Å². The van der Waals surface area contributed by atoms with Crippen LogP contribution in [-0.4, -0.2) is 40.7 Å². The molecule has 8 heteroatoms. The van der Waals surface area contributed by atoms with Crippen LogP contribution in [0.25, 0.3) is 0 Å². The van der Waals surface area contributed by atoms with Gasteiger partial charge in [0.05, 0.1) is 12.1 Å². The number of quaternary nitrogens is 1. The summed E-state index contributed by atoms with van der Waals surface area (Å²) in [4.78, 5) is 19.0. The number of aryl methyl sites for hydroxylation is 1. The number of aromatic nitrogens is 1. The van der Waals surface area contributed by atoms with E-state index in [9.17, 15) is 9.90 Å². The van der Waals surface area contributed by atoms with Gasteiger partial charge in [-0.3, -0.25) is 19.7 Å². The van der Waals surface area contributed by atoms with Gasteiger partial charge in [0.2, 0.25) is 0 Å². The smallest absolute Gasteiger partial charge is 0.304 e. The third-order valence-electron chi connectivity index (χ3n) is 7.65. The minimum atomic E-state index is -0.801. The predicted octanol–water partition coefficient (Wildman–Crippen LogP) is 3.54. The minimum Gasteiger partial charge on any atom is -0.487 e. The Morgan fingerprint density at radius 1 is 1.27 bits per heavy atom. The molecule has 37 heavy (non-hydrogen) atoms. The van der Waals surface area contributed by atoms with Crippen molar-refractivity contribution in [3.05, 3.63) is 82.2 Å². The van der Waals surface area contributed by atoms with Gasteiger partial charge >= 0.3 is 5.97 Å². The van der Waals surface area contributed by atoms with Crippen molar-refractivity contribution in [2.45, 2.75) is 58.7 Å². The molecule has 0 saturated carbocycles. The second-order valence-corrected chi connectivity index (χ2v) is 10.1. The van der Waals surface area contributed by atoms with Crippen molar-refractivity contribution >= 4 is 17.3 Å². The molecule has 2 aliphatic heterocycles. The number of hydrogen-bond donors (Lipinski definition) is 3. The Kier molecular flexibility index (Phi) is 7.15. The van der Waals surface area contributed by atoms with Crippen LogP contribution in [0.1, 0.15) is 59.2 Å². The number of hydrazine groups is 1. The average molecular weight is 503 g/mol. The number of carboxylic acid groups (broad SMARTS) is 1. The van der Waals surface area contributed by atoms with Gasteiger partial charge in [-0.25, -0.2) is 5.43 Å². The summed E-state index contributed by atoms with van der Waals surface area (Å²) in [5.41, 5.74) is 14.0. The van der Waals surface area contributed by atoms with Crippen LogP contribution in [-0.2, 0) is 17.9 Å². The molecule has 3 heterocycles. The van der Waals surface area contributed by atoms with E-state index in [0.717, 1.165) is 65.6 Å². The van der Waals surface area contributed by atoms with Gasteiger partial charge in [0.15, 0.2) is 5.69 Å². The van der Waals surface area contributed by atoms with Gasteiger partial charge in [0, 0.05) is 44.4 Å². The Morgan fingerprint density at radius 2 is 2.11 bits per heavy atom. The molecule has 1 unspecified atom stereocenters. The van der Waals surface area contributed by atoms with Crippen molar-refractivity contribution in [2.75, 3.05) is 18.6 Å². The highest BCUT2D eigenvalue weighted by molar-refractivity contribution is 5.72. The first-order chi connectivity index (χ1) is 17.8. The first-order valence-electron chi connectivity index (χ1n) is 12.9. The van der Waals surface area contributed by atoms with Gasteiger partial charge in [-0.15, -0.1) is 0 Å². The molecule has 1 aromatic heterocycles. The number of benzene rings is 2. The lowest BCUT2D eigenvalue weighted by Crippen LogP contribution is -2.87. The quantitative estimate of drug-likeness (QED) is 0.336. The molecular weight excluding hydrogens is 466 g/mol. The molecule has 0 bridgehead atoms. The van der Waals surface area contributed by atoms with E-state index in [1.807, 2.05) is 35.8 Å². The van der Waals surface area contributed by atoms with Crippen LogP contribution in [0.2, 0.25) is 0 Å². The number of nitrogens with one attached hydrogen (secondary N) is 1. The van der Waals surface area contributed by atoms with E-state index in [2.05, 4.69) is 66.5 Å². The van der Waals surface area contributed by atoms with Crippen molar-refractivity contribution in [1.82, 2.24) is 15.4 Å². The summed E-state index contributed by atoms with van der Waals surface area (Å²) < 4.78 is 6.24. The zero-order valence-electron chi connectivity index (χ0n) is 22.0. The van der Waals surface area contributed by atoms with Gasteiger partial charge in [-0.1, -0.05) is 36.7 Å². The summed E-state index contributed by atoms with van der Waals surface area (Å²) in [5, 5.41) is 11.8. The van der Waals surface area contributed by atoms with E-state index in [4.69, 9.17) is 4.74 Å². The molecule has 194 valence electrons. The molecule has 2 atom stereocenters. The molecule has 8 nitrogen and oxygen atoms in total. The topological polar surface area (TPSA) is 94.5 Å². The van der Waals surface area contributed by atoms with E-state index in [0.29, 0.717) is 0 Å². The molecule has 2 aromatic carbocycles. The number of ether oxygens (including phenoxy) is 1. The lowest BCUT2D eigenvalue weighted by molar-refractivity contribution is -0.625. The number of rotatable bonds is 7. The lowest BCUT2D eigenvalue weighted by atomic mass is 9.84. The number of pyridine rings is 1. The number of hydrogen-bond acceptors (Lipinski definition) is 6. The normalized spacial score (nSPS) is 18.1. The van der Waals surface area contributed by atoms with Crippen molar-refractivity contribution in [3.8, 4) is 5.75 Å². The molecular formula is C29H36N5O3+. The van der Waals surface area contributed by atoms with E-state index in [1.54, 1.807) is 0 Å². The number of fused-ring (bicyclic) bond motifs is 2. The Bertz CT molecular complexity index is 1310. The number of nitrogens with zero attached hydrogens (tertiary/aromatic N) is 3. The molecule has 5 rings (SSSR count). The van der Waals surface area contributed by atoms with Crippen molar-refractivity contribution in [2.24, 2.45) is 0 Å². The minimum absolute atomic E-state index is 0.0398. The maximum absolute atomic E-state index is 12.0. The molecule has 0 saturated heterocycles. The molecule has 0 spiro atoms. The number of anilines is 1. The van der Waals surface area contributed by atoms with E-state index in [-0.39, 0.29) is 18.4 Å². The Labute approximate surface area is 218 Å². The third kappa shape index (κ3) is 5.18. The van der Waals surface area contributed by atoms with Gasteiger partial charge in [0.1, 0.15) is 17.5 Å². The first kappa shape index (κ1) is 25.2. The molecule has 0 fully saturated rings. The largest absolute Gasteiger partial charge is 0.487 e. The van der Waals surface area contributed by atoms with Gasteiger partial charge in [0.25, 0.3) is 0 Å². The zero-order chi connectivity index (χ0) is 26.1. The van der Waals surface area contributed by atoms with E-state index < -0.39 is 5.97 Å². The zero-order valence-corrected chi connectivity index (χ0v) is 22.0. The second kappa shape index (κ2) is 10.5. The molecule has 0 radical (unpaired) electrons. The van der Waals surface area contributed by atoms with Crippen molar-refractivity contribution < 1.29 is 20.1 Å². The fraction of sp³-hybridized carbons (Fsp3) is 0.379. The van der Waals surface area contributed by atoms with Crippen LogP contribution < -0.4 is 20.7 Å². The van der Waals surface area contributed by atoms with Gasteiger partial charge in [-0.05, 0) is 60.7 Å². The highest BCUT2D eigenvalue weighted by atomic mass is 16.5. The average Bonchev–Trinajstić information content (AvgIpc) is 3.16. The maximum Gasteiger partial charge on any atom is 0.304 e. The summed E-state index contributed by atoms with van der Waals surface area (Å²) in [6.45, 7) is 8.64. The predicted molar refractivity (Wildman–Crippen MR) is 143 cm³/mol. The highest BCUT2D eigenvalue weighted by Gasteiger charge is 2.29. The van der Waals surface area contributed by atoms with Crippen LogP contribution >= 0.6 is 0 Å². The Morgan fingerprint density at radius 3 is 2.89 bits per heavy atom. The molecule has 2 aliphatic rings. The number of aliphatic carboxylic acids is 1. The van der Waals surface area contributed by atoms with Gasteiger partial charge < -0.3 is 9.84 Å². The molecule has 4 N–H and O–H groups in total. The lowest BCUT2D eigenvalue weighted by Gasteiger charge is -2.25. The highest BCUT2D eigenvalue weighted by Crippen LogP contribution is 2.37. The fourth-order valence-corrected chi connectivity index (χ4v) is 5.48. The summed E-state index contributed by atoms with van der Waals surface area (Å²) in [6.07, 6.45) is 2.88. The Hall–Kier alpha value is -3.46. The SMILES string of the molecule is CC[C@@H]1CN(Cc2cc(C(CC(=O)O)c3ccc4c(c3C)[NH2+]NN4C)ccc2C)Cc2ncccc2O1. The number of carboxylic acids is 1. The van der Waals surface area contributed by atoms with Crippen LogP contribution in [0.4, 0.5) is 11.4 Å². The van der Waals surface area contributed by atoms with Crippen LogP contribution in [0.15, 0.2) is 48.7 Å². The molecule has 0 amide bonds. The van der Waals surface area contributed by atoms with E-state index >= 15 is 0 Å². The van der Waals surface area contributed by atoms with Crippen LogP contribution in [0.5, 0.6) is 5.75 Å². The second-order valence-electron chi connectivity index (χ2n) is 10.1. The van der Waals surface area contributed by atoms with Crippen molar-refractivity contribution in [3.63, 3.8) is 0 Å². The number of nitrogens with two attached hydrogens (primary N) is 1. The molecule has 3 aromatic rings. The molecule has 0 aliphatic carbocycles. The summed E-state index contributed by atoms with van der Waals surface area (Å²) >= 11 is 0. The van der Waals surface area contributed by atoms with Gasteiger partial charge in [-0.2, -0.15) is 0 Å². The van der Waals surface area contributed by atoms with E-state index in [1.165, 1.54) is 11.1 Å². The Balaban J connectivity index is 1.48. The first-order valence-corrected chi connectivity index (χ1v) is 12.9. The summed E-state index contributed by atoms with van der Waals surface area (Å²) in [6, 6.07) is 14.5. The third-order valence-corrected chi connectivity index (χ3v) is 7.65. The van der Waals surface area contributed by atoms with Crippen LogP contribution in [0.3, 0.4) is 0 Å². The monoisotopic (exact) mass is 502 g/mol. The van der Waals surface area contributed by atoms with Crippen molar-refractivity contribution in [1.29, 1.82) is 0 Å². The maximum atomic E-state index is 12.0. The number of carbonyl (C=O) groups is 1.